The van der Waals surface area contributed by atoms with E-state index in [1.54, 1.807) is 27.8 Å². The average Bonchev–Trinajstić information content (AvgIpc) is 3.30. The van der Waals surface area contributed by atoms with Gasteiger partial charge in [0.25, 0.3) is 5.91 Å². The molecule has 0 saturated carbocycles. The number of amides is 1. The quantitative estimate of drug-likeness (QED) is 0.733. The van der Waals surface area contributed by atoms with Gasteiger partial charge in [0.05, 0.1) is 6.04 Å². The number of aromatic nitrogens is 5. The number of likely N-dealkylation sites (tertiary alicyclic amines) is 1. The highest BCUT2D eigenvalue weighted by atomic mass is 16.5. The summed E-state index contributed by atoms with van der Waals surface area (Å²) in [5, 5.41) is 4.07. The molecule has 0 aliphatic carbocycles. The first kappa shape index (κ1) is 14.8. The highest BCUT2D eigenvalue weighted by Gasteiger charge is 2.35. The lowest BCUT2D eigenvalue weighted by Gasteiger charge is -2.20. The molecule has 3 aromatic heterocycles. The summed E-state index contributed by atoms with van der Waals surface area (Å²) in [6.45, 7) is 4.66. The van der Waals surface area contributed by atoms with Crippen LogP contribution in [0.3, 0.4) is 0 Å². The highest BCUT2D eigenvalue weighted by molar-refractivity contribution is 5.93. The Kier molecular flexibility index (Phi) is 3.51. The molecule has 3 aromatic rings. The Morgan fingerprint density at radius 2 is 2.25 bits per heavy atom. The summed E-state index contributed by atoms with van der Waals surface area (Å²) in [7, 11) is 0. The fourth-order valence-corrected chi connectivity index (χ4v) is 2.98. The summed E-state index contributed by atoms with van der Waals surface area (Å²) in [6.07, 6.45) is 6.92. The second-order valence-electron chi connectivity index (χ2n) is 6.26. The van der Waals surface area contributed by atoms with E-state index in [0.717, 1.165) is 12.8 Å². The standard InChI is InChI=1S/C16H18N6O2/c1-10(2)14-19-13(20-24-14)12-5-3-8-22(12)15(23)11-9-21-7-4-6-17-16(21)18-11/h4,6-7,9-10,12H,3,5,8H2,1-2H3/t12-/m1/s1. The number of carbonyl (C=O) groups excluding carboxylic acids is 1. The van der Waals surface area contributed by atoms with Gasteiger partial charge in [-0.15, -0.1) is 0 Å². The number of imidazole rings is 1. The van der Waals surface area contributed by atoms with Crippen molar-refractivity contribution in [1.82, 2.24) is 29.4 Å². The molecule has 1 amide bonds. The van der Waals surface area contributed by atoms with Gasteiger partial charge in [-0.1, -0.05) is 19.0 Å². The molecule has 0 unspecified atom stereocenters. The molecule has 0 radical (unpaired) electrons. The Morgan fingerprint density at radius 1 is 1.38 bits per heavy atom. The molecular weight excluding hydrogens is 308 g/mol. The van der Waals surface area contributed by atoms with Gasteiger partial charge in [0.1, 0.15) is 5.69 Å². The molecule has 1 aliphatic rings. The van der Waals surface area contributed by atoms with Crippen LogP contribution in [0.2, 0.25) is 0 Å². The van der Waals surface area contributed by atoms with Crippen LogP contribution in [0.15, 0.2) is 29.2 Å². The number of rotatable bonds is 3. The summed E-state index contributed by atoms with van der Waals surface area (Å²) >= 11 is 0. The number of fused-ring (bicyclic) bond motifs is 1. The second-order valence-corrected chi connectivity index (χ2v) is 6.26. The van der Waals surface area contributed by atoms with Crippen molar-refractivity contribution in [2.45, 2.75) is 38.6 Å². The van der Waals surface area contributed by atoms with E-state index in [1.807, 2.05) is 20.0 Å². The Balaban J connectivity index is 1.62. The van der Waals surface area contributed by atoms with Gasteiger partial charge in [0.15, 0.2) is 5.82 Å². The Bertz CT molecular complexity index is 850. The summed E-state index contributed by atoms with van der Waals surface area (Å²) in [5.74, 6) is 1.73. The first-order chi connectivity index (χ1) is 11.6. The molecule has 0 bridgehead atoms. The summed E-state index contributed by atoms with van der Waals surface area (Å²) in [6, 6.07) is 1.64. The zero-order valence-corrected chi connectivity index (χ0v) is 13.6. The van der Waals surface area contributed by atoms with Gasteiger partial charge >= 0.3 is 0 Å². The van der Waals surface area contributed by atoms with E-state index >= 15 is 0 Å². The van der Waals surface area contributed by atoms with Crippen LogP contribution in [0.25, 0.3) is 5.78 Å². The molecule has 0 aromatic carbocycles. The van der Waals surface area contributed by atoms with Gasteiger partial charge in [-0.05, 0) is 18.9 Å². The summed E-state index contributed by atoms with van der Waals surface area (Å²) < 4.78 is 7.03. The van der Waals surface area contributed by atoms with Crippen molar-refractivity contribution < 1.29 is 9.32 Å². The normalized spacial score (nSPS) is 18.0. The fourth-order valence-electron chi connectivity index (χ4n) is 2.98. The Labute approximate surface area is 138 Å². The molecule has 4 heterocycles. The van der Waals surface area contributed by atoms with Crippen molar-refractivity contribution in [3.05, 3.63) is 42.1 Å². The van der Waals surface area contributed by atoms with Gasteiger partial charge in [-0.3, -0.25) is 9.20 Å². The fraction of sp³-hybridized carbons (Fsp3) is 0.438. The predicted molar refractivity (Wildman–Crippen MR) is 84.4 cm³/mol. The van der Waals surface area contributed by atoms with Crippen molar-refractivity contribution in [1.29, 1.82) is 0 Å². The summed E-state index contributed by atoms with van der Waals surface area (Å²) in [5.41, 5.74) is 0.383. The van der Waals surface area contributed by atoms with Gasteiger partial charge < -0.3 is 9.42 Å². The van der Waals surface area contributed by atoms with Crippen LogP contribution in [0.4, 0.5) is 0 Å². The lowest BCUT2D eigenvalue weighted by atomic mass is 10.2. The van der Waals surface area contributed by atoms with Crippen LogP contribution in [0, 0.1) is 0 Å². The van der Waals surface area contributed by atoms with Gasteiger partial charge in [-0.25, -0.2) is 9.97 Å². The maximum absolute atomic E-state index is 12.9. The van der Waals surface area contributed by atoms with Gasteiger partial charge in [0.2, 0.25) is 11.7 Å². The van der Waals surface area contributed by atoms with E-state index < -0.39 is 0 Å². The predicted octanol–water partition coefficient (Wildman–Crippen LogP) is 2.21. The molecular formula is C16H18N6O2. The molecule has 1 saturated heterocycles. The average molecular weight is 326 g/mol. The minimum Gasteiger partial charge on any atom is -0.339 e. The van der Waals surface area contributed by atoms with Crippen LogP contribution >= 0.6 is 0 Å². The van der Waals surface area contributed by atoms with E-state index in [0.29, 0.717) is 29.7 Å². The molecule has 24 heavy (non-hydrogen) atoms. The van der Waals surface area contributed by atoms with Crippen LogP contribution in [-0.4, -0.2) is 41.9 Å². The van der Waals surface area contributed by atoms with Crippen LogP contribution < -0.4 is 0 Å². The monoisotopic (exact) mass is 326 g/mol. The van der Waals surface area contributed by atoms with Crippen molar-refractivity contribution in [3.63, 3.8) is 0 Å². The molecule has 0 spiro atoms. The van der Waals surface area contributed by atoms with Crippen LogP contribution in [-0.2, 0) is 0 Å². The topological polar surface area (TPSA) is 89.4 Å². The van der Waals surface area contributed by atoms with E-state index in [2.05, 4.69) is 20.1 Å². The number of hydrogen-bond donors (Lipinski definition) is 0. The lowest BCUT2D eigenvalue weighted by molar-refractivity contribution is 0.0723. The highest BCUT2D eigenvalue weighted by Crippen LogP contribution is 2.32. The molecule has 4 rings (SSSR count). The second kappa shape index (κ2) is 5.70. The first-order valence-electron chi connectivity index (χ1n) is 8.07. The van der Waals surface area contributed by atoms with E-state index in [1.165, 1.54) is 0 Å². The number of hydrogen-bond acceptors (Lipinski definition) is 6. The van der Waals surface area contributed by atoms with Crippen LogP contribution in [0.5, 0.6) is 0 Å². The maximum atomic E-state index is 12.9. The van der Waals surface area contributed by atoms with E-state index in [4.69, 9.17) is 4.52 Å². The van der Waals surface area contributed by atoms with Crippen molar-refractivity contribution in [3.8, 4) is 0 Å². The maximum Gasteiger partial charge on any atom is 0.274 e. The van der Waals surface area contributed by atoms with Gasteiger partial charge in [0, 0.05) is 31.1 Å². The molecule has 1 fully saturated rings. The van der Waals surface area contributed by atoms with Crippen molar-refractivity contribution >= 4 is 11.7 Å². The minimum atomic E-state index is -0.161. The SMILES string of the molecule is CC(C)c1nc([C@H]2CCCN2C(=O)c2cn3cccnc3n2)no1. The third-order valence-corrected chi connectivity index (χ3v) is 4.22. The van der Waals surface area contributed by atoms with E-state index in [-0.39, 0.29) is 17.9 Å². The molecule has 8 heteroatoms. The van der Waals surface area contributed by atoms with Crippen LogP contribution in [0.1, 0.15) is 60.9 Å². The van der Waals surface area contributed by atoms with Gasteiger partial charge in [-0.2, -0.15) is 4.98 Å². The smallest absolute Gasteiger partial charge is 0.274 e. The molecule has 124 valence electrons. The Hall–Kier alpha value is -2.77. The minimum absolute atomic E-state index is 0.126. The van der Waals surface area contributed by atoms with Crippen molar-refractivity contribution in [2.75, 3.05) is 6.54 Å². The third-order valence-electron chi connectivity index (χ3n) is 4.22. The lowest BCUT2D eigenvalue weighted by Crippen LogP contribution is -2.31. The molecule has 0 N–H and O–H groups in total. The Morgan fingerprint density at radius 3 is 3.00 bits per heavy atom. The molecule has 1 atom stereocenters. The third kappa shape index (κ3) is 2.44. The number of nitrogens with zero attached hydrogens (tertiary/aromatic N) is 6. The summed E-state index contributed by atoms with van der Waals surface area (Å²) in [4.78, 5) is 27.6. The first-order valence-corrected chi connectivity index (χ1v) is 8.07. The zero-order chi connectivity index (χ0) is 16.7. The zero-order valence-electron chi connectivity index (χ0n) is 13.6. The molecule has 1 aliphatic heterocycles. The largest absolute Gasteiger partial charge is 0.339 e. The number of carbonyl (C=O) groups is 1. The van der Waals surface area contributed by atoms with E-state index in [9.17, 15) is 4.79 Å². The van der Waals surface area contributed by atoms with Crippen molar-refractivity contribution in [2.24, 2.45) is 0 Å². The molecule has 8 nitrogen and oxygen atoms in total.